The fourth-order valence-electron chi connectivity index (χ4n) is 2.06. The molecule has 0 unspecified atom stereocenters. The number of nitrogens with one attached hydrogen (secondary N) is 2. The number of methoxy groups -OCH3 is 1. The lowest BCUT2D eigenvalue weighted by Crippen LogP contribution is -2.47. The SMILES string of the molecule is CNc1ccc(Cl)cc1C(=O)NC1CC(OC)C1. The van der Waals surface area contributed by atoms with Gasteiger partial charge in [-0.1, -0.05) is 11.6 Å². The quantitative estimate of drug-likeness (QED) is 0.881. The van der Waals surface area contributed by atoms with Gasteiger partial charge in [-0.25, -0.2) is 0 Å². The second-order valence-corrected chi connectivity index (χ2v) is 4.88. The van der Waals surface area contributed by atoms with Crippen LogP contribution in [0.15, 0.2) is 18.2 Å². The zero-order valence-corrected chi connectivity index (χ0v) is 11.3. The van der Waals surface area contributed by atoms with Crippen LogP contribution in [0.5, 0.6) is 0 Å². The number of rotatable bonds is 4. The van der Waals surface area contributed by atoms with E-state index in [-0.39, 0.29) is 18.1 Å². The fraction of sp³-hybridized carbons (Fsp3) is 0.462. The predicted octanol–water partition coefficient (Wildman–Crippen LogP) is 2.29. The highest BCUT2D eigenvalue weighted by Crippen LogP contribution is 2.25. The average molecular weight is 269 g/mol. The van der Waals surface area contributed by atoms with Crippen molar-refractivity contribution in [2.75, 3.05) is 19.5 Å². The van der Waals surface area contributed by atoms with E-state index in [4.69, 9.17) is 16.3 Å². The minimum absolute atomic E-state index is 0.0959. The summed E-state index contributed by atoms with van der Waals surface area (Å²) in [6.45, 7) is 0. The number of carbonyl (C=O) groups is 1. The average Bonchev–Trinajstić information content (AvgIpc) is 2.32. The molecule has 1 aromatic rings. The number of hydrogen-bond donors (Lipinski definition) is 2. The summed E-state index contributed by atoms with van der Waals surface area (Å²) < 4.78 is 5.18. The zero-order valence-electron chi connectivity index (χ0n) is 10.5. The Kier molecular flexibility index (Phi) is 4.09. The molecule has 1 fully saturated rings. The van der Waals surface area contributed by atoms with E-state index in [0.717, 1.165) is 18.5 Å². The smallest absolute Gasteiger partial charge is 0.253 e. The monoisotopic (exact) mass is 268 g/mol. The standard InChI is InChI=1S/C13H17ClN2O2/c1-15-12-4-3-8(14)5-11(12)13(17)16-9-6-10(7-9)18-2/h3-5,9-10,15H,6-7H2,1-2H3,(H,16,17). The van der Waals surface area contributed by atoms with Gasteiger partial charge < -0.3 is 15.4 Å². The largest absolute Gasteiger partial charge is 0.387 e. The summed E-state index contributed by atoms with van der Waals surface area (Å²) in [7, 11) is 3.48. The third kappa shape index (κ3) is 2.76. The maximum absolute atomic E-state index is 12.1. The third-order valence-corrected chi connectivity index (χ3v) is 3.49. The molecule has 5 heteroatoms. The molecule has 0 spiro atoms. The molecule has 0 heterocycles. The molecule has 18 heavy (non-hydrogen) atoms. The Hall–Kier alpha value is -1.26. The number of amides is 1. The summed E-state index contributed by atoms with van der Waals surface area (Å²) in [5.41, 5.74) is 1.35. The highest BCUT2D eigenvalue weighted by atomic mass is 35.5. The first-order chi connectivity index (χ1) is 8.63. The van der Waals surface area contributed by atoms with Gasteiger partial charge in [-0.15, -0.1) is 0 Å². The highest BCUT2D eigenvalue weighted by molar-refractivity contribution is 6.31. The first-order valence-electron chi connectivity index (χ1n) is 5.95. The number of anilines is 1. The van der Waals surface area contributed by atoms with Crippen molar-refractivity contribution in [2.45, 2.75) is 25.0 Å². The molecule has 0 saturated heterocycles. The number of halogens is 1. The van der Waals surface area contributed by atoms with Crippen LogP contribution in [0.2, 0.25) is 5.02 Å². The van der Waals surface area contributed by atoms with E-state index in [0.29, 0.717) is 10.6 Å². The van der Waals surface area contributed by atoms with E-state index in [9.17, 15) is 4.79 Å². The van der Waals surface area contributed by atoms with Crippen LogP contribution in [-0.2, 0) is 4.74 Å². The van der Waals surface area contributed by atoms with E-state index in [1.54, 1.807) is 32.4 Å². The van der Waals surface area contributed by atoms with Crippen LogP contribution in [0, 0.1) is 0 Å². The molecule has 98 valence electrons. The lowest BCUT2D eigenvalue weighted by atomic mass is 9.89. The van der Waals surface area contributed by atoms with Crippen LogP contribution in [0.3, 0.4) is 0 Å². The molecule has 2 rings (SSSR count). The maximum atomic E-state index is 12.1. The van der Waals surface area contributed by atoms with Gasteiger partial charge in [-0.05, 0) is 31.0 Å². The molecule has 0 bridgehead atoms. The molecule has 1 aliphatic rings. The fourth-order valence-corrected chi connectivity index (χ4v) is 2.23. The number of benzene rings is 1. The van der Waals surface area contributed by atoms with Gasteiger partial charge >= 0.3 is 0 Å². The number of carbonyl (C=O) groups excluding carboxylic acids is 1. The first kappa shape index (κ1) is 13.2. The summed E-state index contributed by atoms with van der Waals surface area (Å²) in [6, 6.07) is 5.44. The molecule has 1 saturated carbocycles. The number of ether oxygens (including phenoxy) is 1. The summed E-state index contributed by atoms with van der Waals surface area (Å²) in [6.07, 6.45) is 2.02. The van der Waals surface area contributed by atoms with Crippen LogP contribution in [0.1, 0.15) is 23.2 Å². The van der Waals surface area contributed by atoms with E-state index in [2.05, 4.69) is 10.6 Å². The van der Waals surface area contributed by atoms with Gasteiger partial charge in [0.1, 0.15) is 0 Å². The summed E-state index contributed by atoms with van der Waals surface area (Å²) in [5.74, 6) is -0.0959. The number of hydrogen-bond acceptors (Lipinski definition) is 3. The Balaban J connectivity index is 2.02. The molecule has 2 N–H and O–H groups in total. The Morgan fingerprint density at radius 1 is 1.44 bits per heavy atom. The van der Waals surface area contributed by atoms with E-state index >= 15 is 0 Å². The second kappa shape index (κ2) is 5.59. The van der Waals surface area contributed by atoms with Gasteiger partial charge in [0.25, 0.3) is 5.91 Å². The molecule has 4 nitrogen and oxygen atoms in total. The van der Waals surface area contributed by atoms with Crippen molar-refractivity contribution in [3.63, 3.8) is 0 Å². The minimum Gasteiger partial charge on any atom is -0.387 e. The molecule has 1 aromatic carbocycles. The van der Waals surface area contributed by atoms with E-state index in [1.165, 1.54) is 0 Å². The molecule has 0 atom stereocenters. The topological polar surface area (TPSA) is 50.4 Å². The summed E-state index contributed by atoms with van der Waals surface area (Å²) in [5, 5.41) is 6.53. The maximum Gasteiger partial charge on any atom is 0.253 e. The molecule has 1 aliphatic carbocycles. The van der Waals surface area contributed by atoms with Crippen molar-refractivity contribution in [3.8, 4) is 0 Å². The zero-order chi connectivity index (χ0) is 13.1. The normalized spacial score (nSPS) is 22.2. The van der Waals surface area contributed by atoms with Crippen LogP contribution in [0.25, 0.3) is 0 Å². The molecular formula is C13H17ClN2O2. The van der Waals surface area contributed by atoms with Gasteiger partial charge in [0.2, 0.25) is 0 Å². The van der Waals surface area contributed by atoms with Crippen molar-refractivity contribution < 1.29 is 9.53 Å². The van der Waals surface area contributed by atoms with E-state index in [1.807, 2.05) is 0 Å². The van der Waals surface area contributed by atoms with Crippen LogP contribution in [0.4, 0.5) is 5.69 Å². The van der Waals surface area contributed by atoms with Gasteiger partial charge in [-0.2, -0.15) is 0 Å². The highest BCUT2D eigenvalue weighted by Gasteiger charge is 2.30. The Morgan fingerprint density at radius 3 is 2.78 bits per heavy atom. The molecule has 0 aromatic heterocycles. The Labute approximate surface area is 112 Å². The Bertz CT molecular complexity index is 445. The van der Waals surface area contributed by atoms with Crippen molar-refractivity contribution in [1.82, 2.24) is 5.32 Å². The van der Waals surface area contributed by atoms with Crippen LogP contribution >= 0.6 is 11.6 Å². The molecule has 0 aliphatic heterocycles. The van der Waals surface area contributed by atoms with Crippen molar-refractivity contribution in [3.05, 3.63) is 28.8 Å². The summed E-state index contributed by atoms with van der Waals surface area (Å²) in [4.78, 5) is 12.1. The summed E-state index contributed by atoms with van der Waals surface area (Å²) >= 11 is 5.92. The van der Waals surface area contributed by atoms with Gasteiger partial charge in [0.15, 0.2) is 0 Å². The first-order valence-corrected chi connectivity index (χ1v) is 6.32. The van der Waals surface area contributed by atoms with Crippen molar-refractivity contribution in [2.24, 2.45) is 0 Å². The molecular weight excluding hydrogens is 252 g/mol. The van der Waals surface area contributed by atoms with Gasteiger partial charge in [0, 0.05) is 30.9 Å². The predicted molar refractivity (Wildman–Crippen MR) is 72.3 cm³/mol. The Morgan fingerprint density at radius 2 is 2.17 bits per heavy atom. The van der Waals surface area contributed by atoms with Crippen molar-refractivity contribution >= 4 is 23.2 Å². The van der Waals surface area contributed by atoms with Crippen molar-refractivity contribution in [1.29, 1.82) is 0 Å². The van der Waals surface area contributed by atoms with Crippen LogP contribution in [-0.4, -0.2) is 32.2 Å². The molecule has 1 amide bonds. The van der Waals surface area contributed by atoms with Crippen LogP contribution < -0.4 is 10.6 Å². The third-order valence-electron chi connectivity index (χ3n) is 3.26. The van der Waals surface area contributed by atoms with E-state index < -0.39 is 0 Å². The van der Waals surface area contributed by atoms with Gasteiger partial charge in [-0.3, -0.25) is 4.79 Å². The lowest BCUT2D eigenvalue weighted by molar-refractivity contribution is 0.0176. The lowest BCUT2D eigenvalue weighted by Gasteiger charge is -2.34. The minimum atomic E-state index is -0.0959. The second-order valence-electron chi connectivity index (χ2n) is 4.44. The van der Waals surface area contributed by atoms with Gasteiger partial charge in [0.05, 0.1) is 11.7 Å². The molecule has 0 radical (unpaired) electrons.